The zero-order chi connectivity index (χ0) is 15.6. The number of ether oxygens (including phenoxy) is 1. The number of morpholine rings is 1. The molecule has 0 radical (unpaired) electrons. The van der Waals surface area contributed by atoms with Gasteiger partial charge in [0, 0.05) is 39.3 Å². The van der Waals surface area contributed by atoms with Gasteiger partial charge in [0.1, 0.15) is 6.04 Å². The first kappa shape index (κ1) is 15.9. The summed E-state index contributed by atoms with van der Waals surface area (Å²) in [6.45, 7) is 7.72. The molecule has 1 aliphatic carbocycles. The molecule has 0 spiro atoms. The first-order valence-corrected chi connectivity index (χ1v) is 9.68. The zero-order valence-corrected chi connectivity index (χ0v) is 14.3. The van der Waals surface area contributed by atoms with Crippen molar-refractivity contribution >= 4 is 5.91 Å². The molecule has 130 valence electrons. The zero-order valence-electron chi connectivity index (χ0n) is 14.3. The molecule has 4 saturated heterocycles. The molecule has 5 fully saturated rings. The van der Waals surface area contributed by atoms with E-state index in [1.807, 2.05) is 0 Å². The highest BCUT2D eigenvalue weighted by molar-refractivity contribution is 5.82. The number of carbonyl (C=O) groups is 1. The van der Waals surface area contributed by atoms with Gasteiger partial charge in [-0.15, -0.1) is 0 Å². The summed E-state index contributed by atoms with van der Waals surface area (Å²) in [5.41, 5.74) is 0. The van der Waals surface area contributed by atoms with Gasteiger partial charge < -0.3 is 9.64 Å². The number of hydrogen-bond donors (Lipinski definition) is 0. The predicted octanol–water partition coefficient (Wildman–Crippen LogP) is 1.18. The summed E-state index contributed by atoms with van der Waals surface area (Å²) in [5, 5.41) is 0. The first-order chi connectivity index (χ1) is 11.3. The van der Waals surface area contributed by atoms with Crippen LogP contribution in [-0.4, -0.2) is 85.2 Å². The van der Waals surface area contributed by atoms with E-state index in [0.29, 0.717) is 11.8 Å². The summed E-state index contributed by atoms with van der Waals surface area (Å²) in [7, 11) is 0. The minimum atomic E-state index is 0.0938. The Balaban J connectivity index is 1.39. The number of hydrogen-bond acceptors (Lipinski definition) is 4. The highest BCUT2D eigenvalue weighted by atomic mass is 16.5. The van der Waals surface area contributed by atoms with Crippen LogP contribution in [0.25, 0.3) is 0 Å². The van der Waals surface area contributed by atoms with E-state index in [1.165, 1.54) is 38.5 Å². The Bertz CT molecular complexity index is 420. The molecule has 0 N–H and O–H groups in total. The molecular formula is C18H31N3O2. The van der Waals surface area contributed by atoms with Gasteiger partial charge in [-0.05, 0) is 31.7 Å². The lowest BCUT2D eigenvalue weighted by Gasteiger charge is -2.43. The van der Waals surface area contributed by atoms with Gasteiger partial charge >= 0.3 is 0 Å². The first-order valence-electron chi connectivity index (χ1n) is 9.68. The van der Waals surface area contributed by atoms with Gasteiger partial charge in [-0.3, -0.25) is 14.6 Å². The van der Waals surface area contributed by atoms with Crippen LogP contribution in [0.15, 0.2) is 0 Å². The SMILES string of the molecule is O=C([C@H]1CN2CCCN1CC2)N1CCO[C@@H](C2CCCCC2)C1. The number of amides is 1. The Morgan fingerprint density at radius 3 is 2.61 bits per heavy atom. The second-order valence-corrected chi connectivity index (χ2v) is 7.80. The maximum absolute atomic E-state index is 13.1. The topological polar surface area (TPSA) is 36.0 Å². The summed E-state index contributed by atoms with van der Waals surface area (Å²) in [5.74, 6) is 1.04. The van der Waals surface area contributed by atoms with E-state index in [1.54, 1.807) is 0 Å². The molecule has 5 nitrogen and oxygen atoms in total. The average molecular weight is 321 g/mol. The van der Waals surface area contributed by atoms with E-state index in [-0.39, 0.29) is 12.1 Å². The molecular weight excluding hydrogens is 290 g/mol. The van der Waals surface area contributed by atoms with Crippen LogP contribution in [0.1, 0.15) is 38.5 Å². The van der Waals surface area contributed by atoms with Crippen molar-refractivity contribution in [3.05, 3.63) is 0 Å². The molecule has 5 heteroatoms. The lowest BCUT2D eigenvalue weighted by atomic mass is 9.84. The van der Waals surface area contributed by atoms with Crippen LogP contribution in [0.3, 0.4) is 0 Å². The molecule has 5 aliphatic rings. The van der Waals surface area contributed by atoms with Gasteiger partial charge in [-0.25, -0.2) is 0 Å². The highest BCUT2D eigenvalue weighted by Crippen LogP contribution is 2.30. The van der Waals surface area contributed by atoms with Crippen molar-refractivity contribution < 1.29 is 9.53 Å². The molecule has 1 saturated carbocycles. The van der Waals surface area contributed by atoms with Crippen molar-refractivity contribution in [2.75, 3.05) is 52.4 Å². The molecule has 0 aromatic rings. The Labute approximate surface area is 139 Å². The second-order valence-electron chi connectivity index (χ2n) is 7.80. The summed E-state index contributed by atoms with van der Waals surface area (Å²) < 4.78 is 6.05. The van der Waals surface area contributed by atoms with E-state index in [9.17, 15) is 4.79 Å². The summed E-state index contributed by atoms with van der Waals surface area (Å²) >= 11 is 0. The summed E-state index contributed by atoms with van der Waals surface area (Å²) in [6, 6.07) is 0.0938. The van der Waals surface area contributed by atoms with Gasteiger partial charge in [-0.2, -0.15) is 0 Å². The van der Waals surface area contributed by atoms with Crippen molar-refractivity contribution in [2.45, 2.75) is 50.7 Å². The monoisotopic (exact) mass is 321 g/mol. The minimum Gasteiger partial charge on any atom is -0.374 e. The van der Waals surface area contributed by atoms with Crippen molar-refractivity contribution in [3.8, 4) is 0 Å². The number of carbonyl (C=O) groups excluding carboxylic acids is 1. The maximum atomic E-state index is 13.1. The lowest BCUT2D eigenvalue weighted by molar-refractivity contribution is -0.148. The molecule has 23 heavy (non-hydrogen) atoms. The molecule has 4 atom stereocenters. The Morgan fingerprint density at radius 1 is 0.870 bits per heavy atom. The van der Waals surface area contributed by atoms with Crippen LogP contribution < -0.4 is 0 Å². The van der Waals surface area contributed by atoms with Crippen LogP contribution in [0, 0.1) is 5.92 Å². The molecule has 5 rings (SSSR count). The van der Waals surface area contributed by atoms with Gasteiger partial charge in [0.15, 0.2) is 0 Å². The average Bonchev–Trinajstić information content (AvgIpc) is 2.98. The van der Waals surface area contributed by atoms with E-state index in [4.69, 9.17) is 4.74 Å². The van der Waals surface area contributed by atoms with Crippen LogP contribution in [-0.2, 0) is 9.53 Å². The quantitative estimate of drug-likeness (QED) is 0.765. The second kappa shape index (κ2) is 7.08. The largest absolute Gasteiger partial charge is 0.374 e. The normalized spacial score (nSPS) is 39.2. The minimum absolute atomic E-state index is 0.0938. The van der Waals surface area contributed by atoms with Crippen molar-refractivity contribution in [2.24, 2.45) is 5.92 Å². The van der Waals surface area contributed by atoms with Gasteiger partial charge in [-0.1, -0.05) is 19.3 Å². The third-order valence-corrected chi connectivity index (χ3v) is 6.36. The summed E-state index contributed by atoms with van der Waals surface area (Å²) in [6.07, 6.45) is 8.11. The standard InChI is InChI=1S/C18H31N3O2/c22-18(16-13-19-7-4-8-20(16)10-9-19)21-11-12-23-17(14-21)15-5-2-1-3-6-15/h15-17H,1-14H2/t16-,17-/m1/s1. The number of piperazine rings is 1. The van der Waals surface area contributed by atoms with E-state index in [0.717, 1.165) is 52.4 Å². The number of nitrogens with zero attached hydrogens (tertiary/aromatic N) is 3. The van der Waals surface area contributed by atoms with Gasteiger partial charge in [0.25, 0.3) is 0 Å². The molecule has 2 bridgehead atoms. The van der Waals surface area contributed by atoms with E-state index in [2.05, 4.69) is 14.7 Å². The van der Waals surface area contributed by atoms with Crippen LogP contribution in [0.4, 0.5) is 0 Å². The molecule has 4 heterocycles. The van der Waals surface area contributed by atoms with Crippen molar-refractivity contribution in [1.29, 1.82) is 0 Å². The Hall–Kier alpha value is -0.650. The predicted molar refractivity (Wildman–Crippen MR) is 89.3 cm³/mol. The highest BCUT2D eigenvalue weighted by Gasteiger charge is 2.39. The Morgan fingerprint density at radius 2 is 1.74 bits per heavy atom. The van der Waals surface area contributed by atoms with E-state index >= 15 is 0 Å². The fourth-order valence-corrected chi connectivity index (χ4v) is 4.96. The fourth-order valence-electron chi connectivity index (χ4n) is 4.96. The van der Waals surface area contributed by atoms with E-state index < -0.39 is 0 Å². The maximum Gasteiger partial charge on any atom is 0.241 e. The smallest absolute Gasteiger partial charge is 0.241 e. The molecule has 1 amide bonds. The van der Waals surface area contributed by atoms with Crippen LogP contribution in [0.5, 0.6) is 0 Å². The molecule has 0 aromatic carbocycles. The Kier molecular flexibility index (Phi) is 4.88. The third kappa shape index (κ3) is 3.42. The molecule has 0 aromatic heterocycles. The van der Waals surface area contributed by atoms with Crippen LogP contribution in [0.2, 0.25) is 0 Å². The van der Waals surface area contributed by atoms with Gasteiger partial charge in [0.2, 0.25) is 5.91 Å². The van der Waals surface area contributed by atoms with Gasteiger partial charge in [0.05, 0.1) is 12.7 Å². The molecule has 4 aliphatic heterocycles. The number of fused-ring (bicyclic) bond motifs is 4. The van der Waals surface area contributed by atoms with Crippen molar-refractivity contribution in [3.63, 3.8) is 0 Å². The lowest BCUT2D eigenvalue weighted by Crippen LogP contribution is -2.60. The molecule has 2 unspecified atom stereocenters. The fraction of sp³-hybridized carbons (Fsp3) is 0.944. The third-order valence-electron chi connectivity index (χ3n) is 6.36. The van der Waals surface area contributed by atoms with Crippen LogP contribution >= 0.6 is 0 Å². The van der Waals surface area contributed by atoms with Crippen molar-refractivity contribution in [1.82, 2.24) is 14.7 Å². The summed E-state index contributed by atoms with van der Waals surface area (Å²) in [4.78, 5) is 20.2. The number of rotatable bonds is 2.